The molecule has 1 aromatic rings. The second kappa shape index (κ2) is 8.79. The molecule has 2 fully saturated rings. The molecule has 1 aromatic carbocycles. The fourth-order valence-corrected chi connectivity index (χ4v) is 3.93. The van der Waals surface area contributed by atoms with Crippen molar-refractivity contribution in [2.45, 2.75) is 32.1 Å². The van der Waals surface area contributed by atoms with Crippen molar-refractivity contribution in [2.24, 2.45) is 5.41 Å². The molecular weight excluding hydrogens is 314 g/mol. The molecule has 0 unspecified atom stereocenters. The zero-order valence-electron chi connectivity index (χ0n) is 15.4. The number of hydrogen-bond acceptors (Lipinski definition) is 4. The third kappa shape index (κ3) is 4.81. The molecule has 2 saturated heterocycles. The van der Waals surface area contributed by atoms with Crippen molar-refractivity contribution in [3.05, 3.63) is 29.8 Å². The number of piperidine rings is 1. The number of nitrogens with zero attached hydrogens (tertiary/aromatic N) is 1. The number of ether oxygens (including phenoxy) is 1. The zero-order chi connectivity index (χ0) is 17.5. The Bertz CT molecular complexity index is 541. The molecule has 2 aliphatic rings. The lowest BCUT2D eigenvalue weighted by molar-refractivity contribution is -0.130. The molecule has 138 valence electrons. The molecule has 5 heteroatoms. The summed E-state index contributed by atoms with van der Waals surface area (Å²) in [6.07, 6.45) is 5.39. The molecule has 2 N–H and O–H groups in total. The van der Waals surface area contributed by atoms with Gasteiger partial charge in [0.15, 0.2) is 0 Å². The first-order chi connectivity index (χ1) is 12.2. The minimum absolute atomic E-state index is 0.0840. The number of amides is 1. The predicted molar refractivity (Wildman–Crippen MR) is 101 cm³/mol. The van der Waals surface area contributed by atoms with Gasteiger partial charge in [-0.3, -0.25) is 4.79 Å². The molecule has 0 radical (unpaired) electrons. The van der Waals surface area contributed by atoms with Gasteiger partial charge in [0.2, 0.25) is 5.91 Å². The monoisotopic (exact) mass is 345 g/mol. The van der Waals surface area contributed by atoms with Crippen LogP contribution in [0.5, 0.6) is 0 Å². The average molecular weight is 345 g/mol. The third-order valence-electron chi connectivity index (χ3n) is 5.59. The van der Waals surface area contributed by atoms with Gasteiger partial charge in [0.25, 0.3) is 0 Å². The normalized spacial score (nSPS) is 20.5. The Morgan fingerprint density at radius 2 is 1.88 bits per heavy atom. The summed E-state index contributed by atoms with van der Waals surface area (Å²) in [6.45, 7) is 5.83. The smallest absolute Gasteiger partial charge is 0.233 e. The summed E-state index contributed by atoms with van der Waals surface area (Å²) in [5.41, 5.74) is 1.80. The van der Waals surface area contributed by atoms with E-state index in [0.717, 1.165) is 44.6 Å². The van der Waals surface area contributed by atoms with Crippen LogP contribution in [0.15, 0.2) is 24.3 Å². The quantitative estimate of drug-likeness (QED) is 0.796. The van der Waals surface area contributed by atoms with Gasteiger partial charge in [0, 0.05) is 19.3 Å². The van der Waals surface area contributed by atoms with Crippen molar-refractivity contribution < 1.29 is 9.53 Å². The van der Waals surface area contributed by atoms with E-state index in [1.165, 1.54) is 31.5 Å². The van der Waals surface area contributed by atoms with Crippen molar-refractivity contribution in [2.75, 3.05) is 51.8 Å². The number of rotatable bonds is 7. The van der Waals surface area contributed by atoms with Crippen LogP contribution in [0.1, 0.15) is 31.2 Å². The largest absolute Gasteiger partial charge is 0.384 e. The van der Waals surface area contributed by atoms with Crippen LogP contribution in [0, 0.1) is 5.41 Å². The van der Waals surface area contributed by atoms with Gasteiger partial charge in [0.1, 0.15) is 0 Å². The molecule has 0 aliphatic carbocycles. The lowest BCUT2D eigenvalue weighted by atomic mass is 9.78. The molecule has 25 heavy (non-hydrogen) atoms. The number of anilines is 1. The molecular formula is C20H31N3O2. The maximum absolute atomic E-state index is 12.8. The van der Waals surface area contributed by atoms with E-state index < -0.39 is 5.41 Å². The first kappa shape index (κ1) is 18.4. The van der Waals surface area contributed by atoms with Crippen LogP contribution >= 0.6 is 0 Å². The SMILES string of the molecule is COCC1(C(=O)Nc2ccc(CCN3CCCC3)cc2)CCNCC1. The Morgan fingerprint density at radius 1 is 1.20 bits per heavy atom. The van der Waals surface area contributed by atoms with Gasteiger partial charge in [0.05, 0.1) is 12.0 Å². The second-order valence-corrected chi connectivity index (χ2v) is 7.41. The van der Waals surface area contributed by atoms with Crippen LogP contribution < -0.4 is 10.6 Å². The van der Waals surface area contributed by atoms with Crippen LogP contribution in [-0.2, 0) is 16.0 Å². The predicted octanol–water partition coefficient (Wildman–Crippen LogP) is 2.28. The lowest BCUT2D eigenvalue weighted by Gasteiger charge is -2.35. The highest BCUT2D eigenvalue weighted by Crippen LogP contribution is 2.31. The average Bonchev–Trinajstić information content (AvgIpc) is 3.16. The summed E-state index contributed by atoms with van der Waals surface area (Å²) in [6, 6.07) is 8.33. The van der Waals surface area contributed by atoms with Gasteiger partial charge in [-0.1, -0.05) is 12.1 Å². The minimum atomic E-state index is -0.408. The van der Waals surface area contributed by atoms with E-state index >= 15 is 0 Å². The summed E-state index contributed by atoms with van der Waals surface area (Å²) in [5, 5.41) is 6.43. The van der Waals surface area contributed by atoms with Crippen LogP contribution in [0.3, 0.4) is 0 Å². The van der Waals surface area contributed by atoms with Gasteiger partial charge >= 0.3 is 0 Å². The number of hydrogen-bond donors (Lipinski definition) is 2. The number of likely N-dealkylation sites (tertiary alicyclic amines) is 1. The Balaban J connectivity index is 1.55. The van der Waals surface area contributed by atoms with Crippen LogP contribution in [0.2, 0.25) is 0 Å². The van der Waals surface area contributed by atoms with Gasteiger partial charge in [-0.25, -0.2) is 0 Å². The van der Waals surface area contributed by atoms with Crippen molar-refractivity contribution in [1.29, 1.82) is 0 Å². The summed E-state index contributed by atoms with van der Waals surface area (Å²) < 4.78 is 5.35. The summed E-state index contributed by atoms with van der Waals surface area (Å²) in [7, 11) is 1.67. The lowest BCUT2D eigenvalue weighted by Crippen LogP contribution is -2.47. The zero-order valence-corrected chi connectivity index (χ0v) is 15.4. The van der Waals surface area contributed by atoms with Crippen LogP contribution in [0.25, 0.3) is 0 Å². The van der Waals surface area contributed by atoms with Gasteiger partial charge < -0.3 is 20.3 Å². The van der Waals surface area contributed by atoms with Crippen molar-refractivity contribution in [3.63, 3.8) is 0 Å². The third-order valence-corrected chi connectivity index (χ3v) is 5.59. The number of carbonyl (C=O) groups excluding carboxylic acids is 1. The highest BCUT2D eigenvalue weighted by molar-refractivity contribution is 5.95. The number of nitrogens with one attached hydrogen (secondary N) is 2. The van der Waals surface area contributed by atoms with E-state index in [2.05, 4.69) is 27.7 Å². The standard InChI is InChI=1S/C20H31N3O2/c1-25-16-20(9-11-21-12-10-20)19(24)22-18-6-4-17(5-7-18)8-15-23-13-2-3-14-23/h4-7,21H,2-3,8-16H2,1H3,(H,22,24). The molecule has 0 atom stereocenters. The molecule has 0 aromatic heterocycles. The van der Waals surface area contributed by atoms with Crippen molar-refractivity contribution in [3.8, 4) is 0 Å². The fourth-order valence-electron chi connectivity index (χ4n) is 3.93. The Kier molecular flexibility index (Phi) is 6.45. The highest BCUT2D eigenvalue weighted by Gasteiger charge is 2.39. The topological polar surface area (TPSA) is 53.6 Å². The second-order valence-electron chi connectivity index (χ2n) is 7.41. The molecule has 1 amide bonds. The van der Waals surface area contributed by atoms with Gasteiger partial charge in [-0.05, 0) is 76.0 Å². The van der Waals surface area contributed by atoms with E-state index in [1.54, 1.807) is 7.11 Å². The maximum atomic E-state index is 12.8. The molecule has 2 heterocycles. The fraction of sp³-hybridized carbons (Fsp3) is 0.650. The van der Waals surface area contributed by atoms with Crippen molar-refractivity contribution in [1.82, 2.24) is 10.2 Å². The van der Waals surface area contributed by atoms with Crippen molar-refractivity contribution >= 4 is 11.6 Å². The number of carbonyl (C=O) groups is 1. The molecule has 2 aliphatic heterocycles. The van der Waals surface area contributed by atoms with E-state index in [4.69, 9.17) is 4.74 Å². The Hall–Kier alpha value is -1.43. The maximum Gasteiger partial charge on any atom is 0.233 e. The van der Waals surface area contributed by atoms with E-state index in [1.807, 2.05) is 12.1 Å². The molecule has 3 rings (SSSR count). The molecule has 0 bridgehead atoms. The van der Waals surface area contributed by atoms with E-state index in [9.17, 15) is 4.79 Å². The highest BCUT2D eigenvalue weighted by atomic mass is 16.5. The summed E-state index contributed by atoms with van der Waals surface area (Å²) in [5.74, 6) is 0.0840. The first-order valence-corrected chi connectivity index (χ1v) is 9.54. The Labute approximate surface area is 151 Å². The van der Waals surface area contributed by atoms with Crippen LogP contribution in [0.4, 0.5) is 5.69 Å². The van der Waals surface area contributed by atoms with E-state index in [0.29, 0.717) is 6.61 Å². The van der Waals surface area contributed by atoms with Gasteiger partial charge in [-0.15, -0.1) is 0 Å². The molecule has 0 saturated carbocycles. The number of benzene rings is 1. The summed E-state index contributed by atoms with van der Waals surface area (Å²) in [4.78, 5) is 15.4. The Morgan fingerprint density at radius 3 is 2.52 bits per heavy atom. The molecule has 0 spiro atoms. The van der Waals surface area contributed by atoms with Gasteiger partial charge in [-0.2, -0.15) is 0 Å². The summed E-state index contributed by atoms with van der Waals surface area (Å²) >= 11 is 0. The van der Waals surface area contributed by atoms with E-state index in [-0.39, 0.29) is 5.91 Å². The minimum Gasteiger partial charge on any atom is -0.384 e. The first-order valence-electron chi connectivity index (χ1n) is 9.54. The van der Waals surface area contributed by atoms with Crippen LogP contribution in [-0.4, -0.2) is 57.2 Å². The molecule has 5 nitrogen and oxygen atoms in total. The number of methoxy groups -OCH3 is 1.